The Labute approximate surface area is 271 Å². The second-order valence-corrected chi connectivity index (χ2v) is 12.5. The van der Waals surface area contributed by atoms with Gasteiger partial charge in [-0.25, -0.2) is 4.99 Å². The van der Waals surface area contributed by atoms with Gasteiger partial charge in [0.05, 0.1) is 23.8 Å². The number of amidine groups is 1. The van der Waals surface area contributed by atoms with Crippen LogP contribution in [0.2, 0.25) is 10.0 Å². The van der Waals surface area contributed by atoms with Crippen molar-refractivity contribution < 1.29 is 14.3 Å². The average molecular weight is 648 g/mol. The SMILES string of the molecule is Cc1cc(/C=C2\SC(=Nc3ccc(N4CCOCC4)cc3)N(C)C2=O)c(C)n1-c1ccc(OCc2ccc(Cl)cc2Cl)cc1. The minimum absolute atomic E-state index is 0.0641. The monoisotopic (exact) mass is 646 g/mol. The molecule has 0 bridgehead atoms. The van der Waals surface area contributed by atoms with Crippen LogP contribution in [0, 0.1) is 13.8 Å². The third-order valence-corrected chi connectivity index (χ3v) is 9.36. The van der Waals surface area contributed by atoms with E-state index in [1.54, 1.807) is 24.1 Å². The summed E-state index contributed by atoms with van der Waals surface area (Å²) in [4.78, 5) is 22.5. The summed E-state index contributed by atoms with van der Waals surface area (Å²) in [5, 5.41) is 1.83. The number of morpholine rings is 1. The molecule has 7 nitrogen and oxygen atoms in total. The lowest BCUT2D eigenvalue weighted by atomic mass is 10.2. The number of aromatic nitrogens is 1. The number of hydrogen-bond acceptors (Lipinski definition) is 6. The summed E-state index contributed by atoms with van der Waals surface area (Å²) in [6.07, 6.45) is 1.96. The highest BCUT2D eigenvalue weighted by molar-refractivity contribution is 8.18. The summed E-state index contributed by atoms with van der Waals surface area (Å²) in [7, 11) is 1.77. The Morgan fingerprint density at radius 2 is 1.66 bits per heavy atom. The van der Waals surface area contributed by atoms with Gasteiger partial charge in [0.15, 0.2) is 5.17 Å². The van der Waals surface area contributed by atoms with Crippen LogP contribution in [0.25, 0.3) is 11.8 Å². The first-order chi connectivity index (χ1) is 21.3. The number of benzene rings is 3. The molecule has 0 saturated carbocycles. The van der Waals surface area contributed by atoms with Crippen molar-refractivity contribution in [1.82, 2.24) is 9.47 Å². The molecule has 2 aliphatic heterocycles. The second-order valence-electron chi connectivity index (χ2n) is 10.7. The third kappa shape index (κ3) is 6.54. The van der Waals surface area contributed by atoms with Gasteiger partial charge in [-0.05, 0) is 104 Å². The van der Waals surface area contributed by atoms with E-state index in [1.807, 2.05) is 48.5 Å². The standard InChI is InChI=1S/C34H32Cl2N4O3S/c1-22-18-25(23(2)40(22)29-10-12-30(13-11-29)43-21-24-4-5-26(35)20-31(24)36)19-32-33(41)38(3)34(44-32)37-27-6-8-28(9-7-27)39-14-16-42-17-15-39/h4-13,18-20H,14-17,21H2,1-3H3/b32-19-,37-34?. The van der Waals surface area contributed by atoms with Crippen LogP contribution in [-0.4, -0.2) is 53.9 Å². The zero-order valence-corrected chi connectivity index (χ0v) is 27.0. The van der Waals surface area contributed by atoms with Gasteiger partial charge in [-0.2, -0.15) is 0 Å². The normalized spacial score (nSPS) is 17.2. The molecular weight excluding hydrogens is 615 g/mol. The van der Waals surface area contributed by atoms with Crippen LogP contribution in [0.5, 0.6) is 5.75 Å². The van der Waals surface area contributed by atoms with Crippen molar-refractivity contribution in [1.29, 1.82) is 0 Å². The lowest BCUT2D eigenvalue weighted by Crippen LogP contribution is -2.36. The minimum atomic E-state index is -0.0641. The smallest absolute Gasteiger partial charge is 0.266 e. The number of halogens is 2. The predicted molar refractivity (Wildman–Crippen MR) is 181 cm³/mol. The molecule has 1 aromatic heterocycles. The van der Waals surface area contributed by atoms with Crippen molar-refractivity contribution in [3.8, 4) is 11.4 Å². The number of hydrogen-bond donors (Lipinski definition) is 0. The van der Waals surface area contributed by atoms with Crippen molar-refractivity contribution >= 4 is 63.5 Å². The van der Waals surface area contributed by atoms with Gasteiger partial charge >= 0.3 is 0 Å². The number of anilines is 1. The van der Waals surface area contributed by atoms with Crippen LogP contribution in [0.4, 0.5) is 11.4 Å². The molecule has 6 rings (SSSR count). The van der Waals surface area contributed by atoms with Gasteiger partial charge in [0.1, 0.15) is 12.4 Å². The van der Waals surface area contributed by atoms with Crippen LogP contribution in [0.15, 0.2) is 82.7 Å². The van der Waals surface area contributed by atoms with E-state index in [0.29, 0.717) is 26.7 Å². The van der Waals surface area contributed by atoms with Gasteiger partial charge < -0.3 is 18.9 Å². The number of ether oxygens (including phenoxy) is 2. The Bertz CT molecular complexity index is 1740. The molecule has 4 aromatic rings. The van der Waals surface area contributed by atoms with E-state index in [-0.39, 0.29) is 5.91 Å². The summed E-state index contributed by atoms with van der Waals surface area (Å²) in [6.45, 7) is 7.73. The molecule has 0 aliphatic carbocycles. The molecule has 0 unspecified atom stereocenters. The van der Waals surface area contributed by atoms with E-state index in [4.69, 9.17) is 37.7 Å². The maximum absolute atomic E-state index is 13.2. The van der Waals surface area contributed by atoms with Crippen molar-refractivity contribution in [2.45, 2.75) is 20.5 Å². The third-order valence-electron chi connectivity index (χ3n) is 7.72. The summed E-state index contributed by atoms with van der Waals surface area (Å²) >= 11 is 13.7. The van der Waals surface area contributed by atoms with Crippen molar-refractivity contribution in [2.24, 2.45) is 4.99 Å². The maximum atomic E-state index is 13.2. The molecule has 3 heterocycles. The highest BCUT2D eigenvalue weighted by atomic mass is 35.5. The molecule has 0 atom stereocenters. The molecular formula is C34H32Cl2N4O3S. The van der Waals surface area contributed by atoms with Crippen LogP contribution < -0.4 is 9.64 Å². The zero-order chi connectivity index (χ0) is 30.8. The zero-order valence-electron chi connectivity index (χ0n) is 24.7. The number of carbonyl (C=O) groups is 1. The highest BCUT2D eigenvalue weighted by Gasteiger charge is 2.31. The first-order valence-electron chi connectivity index (χ1n) is 14.3. The fourth-order valence-corrected chi connectivity index (χ4v) is 6.73. The summed E-state index contributed by atoms with van der Waals surface area (Å²) in [6, 6.07) is 23.5. The number of thioether (sulfide) groups is 1. The lowest BCUT2D eigenvalue weighted by Gasteiger charge is -2.28. The number of aliphatic imine (C=N–C) groups is 1. The fraction of sp³-hybridized carbons (Fsp3) is 0.235. The molecule has 0 radical (unpaired) electrons. The van der Waals surface area contributed by atoms with E-state index < -0.39 is 0 Å². The Balaban J connectivity index is 1.16. The number of nitrogens with zero attached hydrogens (tertiary/aromatic N) is 4. The molecule has 2 saturated heterocycles. The molecule has 2 fully saturated rings. The highest BCUT2D eigenvalue weighted by Crippen LogP contribution is 2.35. The van der Waals surface area contributed by atoms with E-state index in [0.717, 1.165) is 71.6 Å². The molecule has 2 aliphatic rings. The number of rotatable bonds is 7. The summed E-state index contributed by atoms with van der Waals surface area (Å²) in [5.41, 5.74) is 6.93. The number of aryl methyl sites for hydroxylation is 1. The lowest BCUT2D eigenvalue weighted by molar-refractivity contribution is -0.121. The second kappa shape index (κ2) is 13.1. The Kier molecular flexibility index (Phi) is 9.05. The number of likely N-dealkylation sites (N-methyl/N-ethyl adjacent to an activating group) is 1. The van der Waals surface area contributed by atoms with Crippen molar-refractivity contribution in [2.75, 3.05) is 38.3 Å². The Hall–Kier alpha value is -3.69. The molecule has 0 spiro atoms. The Morgan fingerprint density at radius 3 is 2.36 bits per heavy atom. The molecule has 226 valence electrons. The van der Waals surface area contributed by atoms with Crippen molar-refractivity contribution in [3.63, 3.8) is 0 Å². The average Bonchev–Trinajstić information content (AvgIpc) is 3.46. The number of amides is 1. The van der Waals surface area contributed by atoms with E-state index in [9.17, 15) is 4.79 Å². The van der Waals surface area contributed by atoms with Gasteiger partial charge in [-0.1, -0.05) is 29.3 Å². The largest absolute Gasteiger partial charge is 0.489 e. The van der Waals surface area contributed by atoms with Crippen molar-refractivity contribution in [3.05, 3.63) is 110 Å². The van der Waals surface area contributed by atoms with Gasteiger partial charge in [-0.15, -0.1) is 0 Å². The molecule has 44 heavy (non-hydrogen) atoms. The molecule has 1 amide bonds. The van der Waals surface area contributed by atoms with Crippen LogP contribution >= 0.6 is 35.0 Å². The number of carbonyl (C=O) groups excluding carboxylic acids is 1. The maximum Gasteiger partial charge on any atom is 0.266 e. The van der Waals surface area contributed by atoms with Gasteiger partial charge in [0.25, 0.3) is 5.91 Å². The van der Waals surface area contributed by atoms with Gasteiger partial charge in [0.2, 0.25) is 0 Å². The van der Waals surface area contributed by atoms with E-state index in [2.05, 4.69) is 41.5 Å². The Morgan fingerprint density at radius 1 is 0.955 bits per heavy atom. The predicted octanol–water partition coefficient (Wildman–Crippen LogP) is 8.05. The molecule has 3 aromatic carbocycles. The fourth-order valence-electron chi connectivity index (χ4n) is 5.29. The quantitative estimate of drug-likeness (QED) is 0.190. The topological polar surface area (TPSA) is 59.3 Å². The van der Waals surface area contributed by atoms with Crippen LogP contribution in [0.3, 0.4) is 0 Å². The van der Waals surface area contributed by atoms with E-state index in [1.165, 1.54) is 11.8 Å². The van der Waals surface area contributed by atoms with Crippen LogP contribution in [0.1, 0.15) is 22.5 Å². The van der Waals surface area contributed by atoms with Gasteiger partial charge in [-0.3, -0.25) is 9.69 Å². The summed E-state index contributed by atoms with van der Waals surface area (Å²) < 4.78 is 13.6. The van der Waals surface area contributed by atoms with Crippen LogP contribution in [-0.2, 0) is 16.1 Å². The summed E-state index contributed by atoms with van der Waals surface area (Å²) in [5.74, 6) is 0.675. The van der Waals surface area contributed by atoms with Gasteiger partial charge in [0, 0.05) is 58.5 Å². The first-order valence-corrected chi connectivity index (χ1v) is 15.9. The van der Waals surface area contributed by atoms with E-state index >= 15 is 0 Å². The first kappa shape index (κ1) is 30.3. The molecule has 0 N–H and O–H groups in total. The minimum Gasteiger partial charge on any atom is -0.489 e. The molecule has 10 heteroatoms.